The maximum absolute atomic E-state index is 13.0. The van der Waals surface area contributed by atoms with Crippen LogP contribution in [-0.2, 0) is 26.0 Å². The average Bonchev–Trinajstić information content (AvgIpc) is 3.10. The Labute approximate surface area is 191 Å². The molecule has 1 aliphatic rings. The number of nitrogens with one attached hydrogen (secondary N) is 3. The van der Waals surface area contributed by atoms with Gasteiger partial charge in [-0.3, -0.25) is 9.59 Å². The Morgan fingerprint density at radius 1 is 1.28 bits per heavy atom. The number of carbonyl (C=O) groups is 2. The van der Waals surface area contributed by atoms with Crippen LogP contribution < -0.4 is 20.9 Å². The molecule has 0 radical (unpaired) electrons. The van der Waals surface area contributed by atoms with E-state index in [-0.39, 0.29) is 42.1 Å². The number of aromatic nitrogens is 1. The Bertz CT molecular complexity index is 905. The molecule has 1 aromatic rings. The van der Waals surface area contributed by atoms with Crippen LogP contribution >= 0.6 is 0 Å². The number of anilines is 1. The van der Waals surface area contributed by atoms with Crippen molar-refractivity contribution in [2.24, 2.45) is 5.92 Å². The van der Waals surface area contributed by atoms with Crippen molar-refractivity contribution >= 4 is 27.7 Å². The zero-order valence-electron chi connectivity index (χ0n) is 19.8. The van der Waals surface area contributed by atoms with E-state index in [1.807, 2.05) is 30.9 Å². The van der Waals surface area contributed by atoms with Gasteiger partial charge in [-0.05, 0) is 31.5 Å². The van der Waals surface area contributed by atoms with Crippen LogP contribution in [-0.4, -0.2) is 87.6 Å². The molecule has 11 heteroatoms. The SMILES string of the molecule is CNC(C)C(=O)NC(CN1c2ncccc2CC1C(=O)NCCS(=O)(=O)N(C)C)C(C)C. The van der Waals surface area contributed by atoms with Gasteiger partial charge in [0.15, 0.2) is 0 Å². The van der Waals surface area contributed by atoms with Crippen molar-refractivity contribution < 1.29 is 18.0 Å². The molecule has 2 heterocycles. The van der Waals surface area contributed by atoms with Gasteiger partial charge >= 0.3 is 0 Å². The first-order valence-electron chi connectivity index (χ1n) is 10.8. The summed E-state index contributed by atoms with van der Waals surface area (Å²) in [6.45, 7) is 6.27. The molecule has 0 aliphatic carbocycles. The molecular weight excluding hydrogens is 432 g/mol. The number of hydrogen-bond donors (Lipinski definition) is 3. The van der Waals surface area contributed by atoms with Gasteiger partial charge in [0, 0.05) is 45.8 Å². The minimum atomic E-state index is -3.40. The molecule has 0 fully saturated rings. The predicted molar refractivity (Wildman–Crippen MR) is 125 cm³/mol. The third kappa shape index (κ3) is 6.39. The van der Waals surface area contributed by atoms with Crippen LogP contribution in [0.25, 0.3) is 0 Å². The monoisotopic (exact) mass is 468 g/mol. The van der Waals surface area contributed by atoms with Crippen LogP contribution in [0.2, 0.25) is 0 Å². The van der Waals surface area contributed by atoms with Crippen molar-refractivity contribution in [1.82, 2.24) is 25.2 Å². The number of nitrogens with zero attached hydrogens (tertiary/aromatic N) is 3. The first kappa shape index (κ1) is 26.0. The fraction of sp³-hybridized carbons (Fsp3) is 0.667. The van der Waals surface area contributed by atoms with Crippen molar-refractivity contribution in [2.75, 3.05) is 44.9 Å². The predicted octanol–water partition coefficient (Wildman–Crippen LogP) is -0.431. The Morgan fingerprint density at radius 2 is 1.97 bits per heavy atom. The molecule has 10 nitrogen and oxygen atoms in total. The fourth-order valence-electron chi connectivity index (χ4n) is 3.44. The molecule has 3 atom stereocenters. The standard InChI is InChI=1S/C21H36N6O4S/c1-14(2)17(25-20(28)15(3)22-4)13-27-18(12-16-8-7-9-23-19(16)27)21(29)24-10-11-32(30,31)26(5)6/h7-9,14-15,17-18,22H,10-13H2,1-6H3,(H,24,29)(H,25,28). The van der Waals surface area contributed by atoms with Crippen LogP contribution in [0, 0.1) is 5.92 Å². The lowest BCUT2D eigenvalue weighted by molar-refractivity contribution is -0.123. The van der Waals surface area contributed by atoms with Gasteiger partial charge in [0.2, 0.25) is 21.8 Å². The number of pyridine rings is 1. The van der Waals surface area contributed by atoms with Crippen LogP contribution in [0.5, 0.6) is 0 Å². The lowest BCUT2D eigenvalue weighted by Crippen LogP contribution is -2.55. The molecule has 2 rings (SSSR count). The lowest BCUT2D eigenvalue weighted by Gasteiger charge is -2.33. The summed E-state index contributed by atoms with van der Waals surface area (Å²) in [6, 6.07) is 2.71. The van der Waals surface area contributed by atoms with Gasteiger partial charge in [-0.15, -0.1) is 0 Å². The average molecular weight is 469 g/mol. The summed E-state index contributed by atoms with van der Waals surface area (Å²) in [5.41, 5.74) is 0.950. The van der Waals surface area contributed by atoms with Crippen LogP contribution in [0.4, 0.5) is 5.82 Å². The topological polar surface area (TPSA) is 124 Å². The lowest BCUT2D eigenvalue weighted by atomic mass is 10.0. The first-order valence-corrected chi connectivity index (χ1v) is 12.4. The number of amides is 2. The Kier molecular flexibility index (Phi) is 8.99. The number of sulfonamides is 1. The van der Waals surface area contributed by atoms with Gasteiger partial charge in [0.05, 0.1) is 11.8 Å². The summed E-state index contributed by atoms with van der Waals surface area (Å²) < 4.78 is 25.1. The van der Waals surface area contributed by atoms with Crippen LogP contribution in [0.15, 0.2) is 18.3 Å². The maximum Gasteiger partial charge on any atom is 0.243 e. The quantitative estimate of drug-likeness (QED) is 0.403. The summed E-state index contributed by atoms with van der Waals surface area (Å²) in [5, 5.41) is 8.77. The molecule has 0 bridgehead atoms. The molecule has 0 saturated carbocycles. The normalized spacial score (nSPS) is 17.9. The van der Waals surface area contributed by atoms with E-state index in [0.29, 0.717) is 13.0 Å². The second-order valence-corrected chi connectivity index (χ2v) is 10.9. The highest BCUT2D eigenvalue weighted by Gasteiger charge is 2.37. The highest BCUT2D eigenvalue weighted by Crippen LogP contribution is 2.30. The molecule has 32 heavy (non-hydrogen) atoms. The number of fused-ring (bicyclic) bond motifs is 1. The molecule has 0 saturated heterocycles. The van der Waals surface area contributed by atoms with Gasteiger partial charge in [-0.25, -0.2) is 17.7 Å². The van der Waals surface area contributed by atoms with E-state index in [0.717, 1.165) is 15.7 Å². The largest absolute Gasteiger partial charge is 0.353 e. The van der Waals surface area contributed by atoms with Gasteiger partial charge in [0.25, 0.3) is 0 Å². The van der Waals surface area contributed by atoms with E-state index >= 15 is 0 Å². The maximum atomic E-state index is 13.0. The van der Waals surface area contributed by atoms with E-state index in [2.05, 4.69) is 20.9 Å². The van der Waals surface area contributed by atoms with E-state index in [4.69, 9.17) is 0 Å². The zero-order valence-corrected chi connectivity index (χ0v) is 20.6. The summed E-state index contributed by atoms with van der Waals surface area (Å²) in [5.74, 6) is 0.312. The first-order chi connectivity index (χ1) is 15.0. The van der Waals surface area contributed by atoms with Gasteiger partial charge in [-0.2, -0.15) is 0 Å². The van der Waals surface area contributed by atoms with Crippen LogP contribution in [0.1, 0.15) is 26.3 Å². The third-order valence-electron chi connectivity index (χ3n) is 5.80. The Hall–Kier alpha value is -2.24. The summed E-state index contributed by atoms with van der Waals surface area (Å²) in [4.78, 5) is 31.9. The summed E-state index contributed by atoms with van der Waals surface area (Å²) >= 11 is 0. The van der Waals surface area contributed by atoms with Crippen molar-refractivity contribution in [1.29, 1.82) is 0 Å². The molecular formula is C21H36N6O4S. The highest BCUT2D eigenvalue weighted by molar-refractivity contribution is 7.89. The minimum absolute atomic E-state index is 0.0253. The van der Waals surface area contributed by atoms with E-state index in [1.165, 1.54) is 14.1 Å². The number of hydrogen-bond acceptors (Lipinski definition) is 7. The number of rotatable bonds is 11. The third-order valence-corrected chi connectivity index (χ3v) is 7.63. The number of likely N-dealkylation sites (N-methyl/N-ethyl adjacent to an activating group) is 1. The van der Waals surface area contributed by atoms with Crippen molar-refractivity contribution in [3.63, 3.8) is 0 Å². The molecule has 0 spiro atoms. The Balaban J connectivity index is 2.16. The fourth-order valence-corrected chi connectivity index (χ4v) is 4.16. The van der Waals surface area contributed by atoms with Crippen molar-refractivity contribution in [3.8, 4) is 0 Å². The van der Waals surface area contributed by atoms with Crippen molar-refractivity contribution in [3.05, 3.63) is 23.9 Å². The second-order valence-electron chi connectivity index (χ2n) is 8.62. The van der Waals surface area contributed by atoms with Crippen molar-refractivity contribution in [2.45, 2.75) is 45.3 Å². The van der Waals surface area contributed by atoms with Gasteiger partial charge < -0.3 is 20.9 Å². The molecule has 2 amide bonds. The van der Waals surface area contributed by atoms with Gasteiger partial charge in [-0.1, -0.05) is 19.9 Å². The molecule has 0 aromatic carbocycles. The molecule has 3 N–H and O–H groups in total. The molecule has 1 aliphatic heterocycles. The molecule has 180 valence electrons. The molecule has 1 aromatic heterocycles. The zero-order chi connectivity index (χ0) is 24.1. The van der Waals surface area contributed by atoms with Gasteiger partial charge in [0.1, 0.15) is 11.9 Å². The van der Waals surface area contributed by atoms with E-state index in [1.54, 1.807) is 20.2 Å². The summed E-state index contributed by atoms with van der Waals surface area (Å²) in [7, 11) is 1.26. The minimum Gasteiger partial charge on any atom is -0.353 e. The van der Waals surface area contributed by atoms with E-state index < -0.39 is 16.1 Å². The number of carbonyl (C=O) groups excluding carboxylic acids is 2. The second kappa shape index (κ2) is 11.1. The van der Waals surface area contributed by atoms with Crippen LogP contribution in [0.3, 0.4) is 0 Å². The highest BCUT2D eigenvalue weighted by atomic mass is 32.2. The van der Waals surface area contributed by atoms with E-state index in [9.17, 15) is 18.0 Å². The molecule has 3 unspecified atom stereocenters. The smallest absolute Gasteiger partial charge is 0.243 e. The Morgan fingerprint density at radius 3 is 2.56 bits per heavy atom. The summed E-state index contributed by atoms with van der Waals surface area (Å²) in [6.07, 6.45) is 2.16.